The lowest BCUT2D eigenvalue weighted by molar-refractivity contribution is -0.0725. The number of hydrogen-bond donors (Lipinski definition) is 3. The molecule has 0 saturated carbocycles. The molecule has 0 saturated heterocycles. The highest BCUT2D eigenvalue weighted by Crippen LogP contribution is 2.48. The van der Waals surface area contributed by atoms with Gasteiger partial charge in [-0.25, -0.2) is 0 Å². The van der Waals surface area contributed by atoms with E-state index in [4.69, 9.17) is 25.8 Å². The van der Waals surface area contributed by atoms with Crippen molar-refractivity contribution in [2.45, 2.75) is 188 Å². The SMILES string of the molecule is CCCC1(CC)OCCc2c1[nH]c1c(-c3cccc(C#N)c3)cc(C(C)C)cc21.CCCC1(CC)OCCc2c1[nH]c1c(-c3ccccc3)cc(C(C)C)cc21.CCCC1(CC)OCCc2c1[nH]c1c(CC)cc(-c3ccc(Cl)s3)cc21. The quantitative estimate of drug-likeness (QED) is 0.0952. The van der Waals surface area contributed by atoms with E-state index in [-0.39, 0.29) is 16.8 Å². The number of nitrogens with one attached hydrogen (secondary N) is 3. The zero-order valence-electron chi connectivity index (χ0n) is 50.7. The Labute approximate surface area is 497 Å². The van der Waals surface area contributed by atoms with Crippen molar-refractivity contribution in [3.8, 4) is 38.8 Å². The second-order valence-corrected chi connectivity index (χ2v) is 25.6. The third-order valence-corrected chi connectivity index (χ3v) is 19.6. The highest BCUT2D eigenvalue weighted by Gasteiger charge is 2.41. The monoisotopic (exact) mass is 1130 g/mol. The molecule has 5 aromatic carbocycles. The van der Waals surface area contributed by atoms with Crippen LogP contribution < -0.4 is 0 Å². The number of rotatable bonds is 15. The molecule has 9 heteroatoms. The molecular formula is C73H87ClN4O3S. The number of thiophene rings is 1. The first-order valence-electron chi connectivity index (χ1n) is 31.0. The van der Waals surface area contributed by atoms with Crippen molar-refractivity contribution < 1.29 is 14.2 Å². The highest BCUT2D eigenvalue weighted by molar-refractivity contribution is 7.19. The Morgan fingerprint density at radius 2 is 0.988 bits per heavy atom. The minimum Gasteiger partial charge on any atom is -0.368 e. The molecule has 3 aliphatic heterocycles. The smallest absolute Gasteiger partial charge is 0.108 e. The van der Waals surface area contributed by atoms with Crippen LogP contribution in [-0.2, 0) is 56.7 Å². The molecule has 3 aliphatic rings. The van der Waals surface area contributed by atoms with Crippen LogP contribution in [0.4, 0.5) is 0 Å². The number of ether oxygens (including phenoxy) is 3. The predicted molar refractivity (Wildman–Crippen MR) is 346 cm³/mol. The Morgan fingerprint density at radius 3 is 1.41 bits per heavy atom. The molecule has 0 fully saturated rings. The molecule has 3 N–H and O–H groups in total. The number of hydrogen-bond acceptors (Lipinski definition) is 5. The first-order valence-corrected chi connectivity index (χ1v) is 32.2. The van der Waals surface area contributed by atoms with Gasteiger partial charge in [0.1, 0.15) is 16.8 Å². The first-order chi connectivity index (χ1) is 39.7. The normalized spacial score (nSPS) is 19.4. The Kier molecular flexibility index (Phi) is 18.1. The maximum absolute atomic E-state index is 9.38. The van der Waals surface area contributed by atoms with E-state index in [0.717, 1.165) is 113 Å². The van der Waals surface area contributed by atoms with Gasteiger partial charge in [0.25, 0.3) is 0 Å². The molecule has 9 aromatic rings. The van der Waals surface area contributed by atoms with E-state index in [1.807, 2.05) is 24.3 Å². The lowest BCUT2D eigenvalue weighted by Gasteiger charge is -2.36. The van der Waals surface area contributed by atoms with Crippen LogP contribution in [0.15, 0.2) is 103 Å². The van der Waals surface area contributed by atoms with E-state index in [9.17, 15) is 5.26 Å². The van der Waals surface area contributed by atoms with Crippen LogP contribution in [0, 0.1) is 11.3 Å². The number of H-pyrrole nitrogens is 3. The summed E-state index contributed by atoms with van der Waals surface area (Å²) in [6, 6.07) is 39.2. The fraction of sp³-hybridized carbons (Fsp3) is 0.438. The first kappa shape index (κ1) is 59.2. The minimum absolute atomic E-state index is 0.154. The molecule has 0 bridgehead atoms. The summed E-state index contributed by atoms with van der Waals surface area (Å²) in [4.78, 5) is 12.7. The Balaban J connectivity index is 0.000000138. The van der Waals surface area contributed by atoms with Crippen molar-refractivity contribution in [2.24, 2.45) is 0 Å². The summed E-state index contributed by atoms with van der Waals surface area (Å²) in [7, 11) is 0. The van der Waals surface area contributed by atoms with Crippen molar-refractivity contribution >= 4 is 55.6 Å². The van der Waals surface area contributed by atoms with Gasteiger partial charge < -0.3 is 29.2 Å². The minimum atomic E-state index is -0.217. The van der Waals surface area contributed by atoms with Crippen molar-refractivity contribution in [3.63, 3.8) is 0 Å². The number of aromatic nitrogens is 3. The molecule has 0 aliphatic carbocycles. The molecule has 12 rings (SSSR count). The summed E-state index contributed by atoms with van der Waals surface area (Å²) < 4.78 is 20.0. The van der Waals surface area contributed by atoms with Crippen molar-refractivity contribution in [2.75, 3.05) is 19.8 Å². The summed E-state index contributed by atoms with van der Waals surface area (Å²) in [6.07, 6.45) is 13.4. The van der Waals surface area contributed by atoms with Gasteiger partial charge in [-0.15, -0.1) is 11.3 Å². The molecule has 7 nitrogen and oxygen atoms in total. The second kappa shape index (κ2) is 25.1. The van der Waals surface area contributed by atoms with E-state index in [0.29, 0.717) is 17.4 Å². The highest BCUT2D eigenvalue weighted by atomic mass is 35.5. The number of benzene rings is 5. The lowest BCUT2D eigenvalue weighted by Crippen LogP contribution is -2.35. The second-order valence-electron chi connectivity index (χ2n) is 23.9. The summed E-state index contributed by atoms with van der Waals surface area (Å²) in [5.74, 6) is 0.947. The van der Waals surface area contributed by atoms with Gasteiger partial charge in [-0.2, -0.15) is 5.26 Å². The zero-order chi connectivity index (χ0) is 57.9. The van der Waals surface area contributed by atoms with Crippen molar-refractivity contribution in [3.05, 3.63) is 163 Å². The summed E-state index contributed by atoms with van der Waals surface area (Å²) >= 11 is 7.83. The Hall–Kier alpha value is -5.92. The Morgan fingerprint density at radius 1 is 0.524 bits per heavy atom. The molecule has 82 heavy (non-hydrogen) atoms. The molecule has 3 atom stereocenters. The number of aryl methyl sites for hydroxylation is 1. The summed E-state index contributed by atoms with van der Waals surface area (Å²) in [5, 5.41) is 13.5. The largest absolute Gasteiger partial charge is 0.368 e. The number of nitriles is 1. The van der Waals surface area contributed by atoms with Gasteiger partial charge in [-0.05, 0) is 187 Å². The van der Waals surface area contributed by atoms with Gasteiger partial charge in [0, 0.05) is 37.7 Å². The summed E-state index contributed by atoms with van der Waals surface area (Å²) in [6.45, 7) is 27.1. The van der Waals surface area contributed by atoms with Gasteiger partial charge in [0.2, 0.25) is 0 Å². The fourth-order valence-electron chi connectivity index (χ4n) is 13.9. The number of halogens is 1. The molecule has 3 unspecified atom stereocenters. The zero-order valence-corrected chi connectivity index (χ0v) is 52.3. The third-order valence-electron chi connectivity index (χ3n) is 18.4. The van der Waals surface area contributed by atoms with Crippen LogP contribution in [0.1, 0.15) is 202 Å². The molecule has 0 amide bonds. The topological polar surface area (TPSA) is 98.9 Å². The van der Waals surface area contributed by atoms with Crippen LogP contribution in [0.5, 0.6) is 0 Å². The molecule has 7 heterocycles. The van der Waals surface area contributed by atoms with Gasteiger partial charge in [-0.3, -0.25) is 0 Å². The van der Waals surface area contributed by atoms with E-state index in [1.165, 1.54) is 110 Å². The standard InChI is InChI=1S/C26H30N2O.C25H31NO.C22H26ClNOS/c1-5-11-26(6-2)25-21(10-12-29-26)23-15-20(17(3)4)14-22(24(23)28-25)19-9-7-8-18(13-19)16-27;1-5-13-25(6-2)24-20(12-14-27-25)22-16-19(17(3)4)15-21(23(22)26-24)18-10-8-7-9-11-18;1-4-10-22(6-3)21-16(9-11-25-22)17-13-15(18-7-8-19(23)26-18)12-14(5-2)20(17)24-21/h7-9,13-15,17,28H,5-6,10-12H2,1-4H3;7-11,15-17,26H,5-6,12-14H2,1-4H3;7-8,12-13,24H,4-6,9-11H2,1-3H3. The van der Waals surface area contributed by atoms with Crippen LogP contribution in [0.25, 0.3) is 65.4 Å². The van der Waals surface area contributed by atoms with Crippen molar-refractivity contribution in [1.82, 2.24) is 15.0 Å². The maximum Gasteiger partial charge on any atom is 0.108 e. The lowest BCUT2D eigenvalue weighted by atomic mass is 9.85. The molecule has 4 aromatic heterocycles. The molecular weight excluding hydrogens is 1050 g/mol. The number of aromatic amines is 3. The molecule has 430 valence electrons. The van der Waals surface area contributed by atoms with E-state index < -0.39 is 0 Å². The van der Waals surface area contributed by atoms with E-state index >= 15 is 0 Å². The maximum atomic E-state index is 9.38. The average Bonchev–Trinajstić information content (AvgIpc) is 4.44. The molecule has 0 radical (unpaired) electrons. The van der Waals surface area contributed by atoms with Crippen LogP contribution in [0.2, 0.25) is 4.34 Å². The van der Waals surface area contributed by atoms with E-state index in [2.05, 4.69) is 176 Å². The Bertz CT molecular complexity index is 3740. The fourth-order valence-corrected chi connectivity index (χ4v) is 15.0. The van der Waals surface area contributed by atoms with Crippen LogP contribution in [0.3, 0.4) is 0 Å². The van der Waals surface area contributed by atoms with E-state index in [1.54, 1.807) is 11.3 Å². The van der Waals surface area contributed by atoms with Gasteiger partial charge in [-0.1, -0.05) is 149 Å². The van der Waals surface area contributed by atoms with Crippen molar-refractivity contribution in [1.29, 1.82) is 5.26 Å². The average molecular weight is 1140 g/mol. The molecule has 0 spiro atoms. The summed E-state index contributed by atoms with van der Waals surface area (Å²) in [5.41, 5.74) is 22.4. The number of nitrogens with zero attached hydrogens (tertiary/aromatic N) is 1. The van der Waals surface area contributed by atoms with Crippen LogP contribution >= 0.6 is 22.9 Å². The number of fused-ring (bicyclic) bond motifs is 9. The van der Waals surface area contributed by atoms with Gasteiger partial charge in [0.15, 0.2) is 0 Å². The van der Waals surface area contributed by atoms with Gasteiger partial charge >= 0.3 is 0 Å². The third kappa shape index (κ3) is 11.1. The van der Waals surface area contributed by atoms with Crippen LogP contribution in [-0.4, -0.2) is 34.8 Å². The van der Waals surface area contributed by atoms with Gasteiger partial charge in [0.05, 0.1) is 63.9 Å². The predicted octanol–water partition coefficient (Wildman–Crippen LogP) is 20.8.